The Bertz CT molecular complexity index is 1170. The number of carbonyl (C=O) groups excluding carboxylic acids is 1. The molecule has 0 radical (unpaired) electrons. The van der Waals surface area contributed by atoms with Crippen LogP contribution in [0.25, 0.3) is 22.4 Å². The van der Waals surface area contributed by atoms with Gasteiger partial charge in [-0.05, 0) is 49.8 Å². The number of ether oxygens (including phenoxy) is 2. The van der Waals surface area contributed by atoms with Crippen molar-refractivity contribution >= 4 is 11.6 Å². The van der Waals surface area contributed by atoms with E-state index in [9.17, 15) is 4.79 Å². The second kappa shape index (κ2) is 9.90. The highest BCUT2D eigenvalue weighted by Crippen LogP contribution is 2.35. The van der Waals surface area contributed by atoms with Gasteiger partial charge in [-0.3, -0.25) is 9.78 Å². The Morgan fingerprint density at radius 3 is 2.34 bits per heavy atom. The third kappa shape index (κ3) is 5.30. The summed E-state index contributed by atoms with van der Waals surface area (Å²) in [5.74, 6) is 0.352. The highest BCUT2D eigenvalue weighted by atomic mass is 16.5. The average Bonchev–Trinajstić information content (AvgIpc) is 2.82. The van der Waals surface area contributed by atoms with Crippen LogP contribution in [0.2, 0.25) is 0 Å². The molecule has 2 aromatic carbocycles. The summed E-state index contributed by atoms with van der Waals surface area (Å²) < 4.78 is 11.1. The molecule has 3 heterocycles. The molecule has 2 aliphatic rings. The number of hydrogen-bond acceptors (Lipinski definition) is 5. The lowest BCUT2D eigenvalue weighted by molar-refractivity contribution is -0.119. The summed E-state index contributed by atoms with van der Waals surface area (Å²) in [6.07, 6.45) is 4.45. The molecule has 3 N–H and O–H groups in total. The van der Waals surface area contributed by atoms with Crippen LogP contribution in [0.15, 0.2) is 66.9 Å². The molecule has 0 spiro atoms. The molecule has 0 aliphatic carbocycles. The van der Waals surface area contributed by atoms with E-state index >= 15 is 0 Å². The van der Waals surface area contributed by atoms with Crippen LogP contribution in [0.4, 0.5) is 5.69 Å². The van der Waals surface area contributed by atoms with E-state index in [2.05, 4.69) is 55.6 Å². The predicted octanol–water partition coefficient (Wildman–Crippen LogP) is 5.13. The second-order valence-electron chi connectivity index (χ2n) is 10.1. The fourth-order valence-electron chi connectivity index (χ4n) is 5.23. The largest absolute Gasteiger partial charge is 0.377 e. The first-order valence-corrected chi connectivity index (χ1v) is 12.4. The number of rotatable bonds is 6. The maximum Gasteiger partial charge on any atom is 0.224 e. The van der Waals surface area contributed by atoms with Gasteiger partial charge in [0.15, 0.2) is 0 Å². The number of nitrogens with one attached hydrogen (secondary N) is 1. The lowest BCUT2D eigenvalue weighted by atomic mass is 9.88. The number of aromatic nitrogens is 1. The molecule has 2 saturated heterocycles. The summed E-state index contributed by atoms with van der Waals surface area (Å²) in [5.41, 5.74) is 11.6. The molecule has 5 rings (SSSR count). The Kier molecular flexibility index (Phi) is 6.69. The molecule has 182 valence electrons. The van der Waals surface area contributed by atoms with Gasteiger partial charge in [-0.15, -0.1) is 0 Å². The second-order valence-corrected chi connectivity index (χ2v) is 10.1. The van der Waals surface area contributed by atoms with Crippen molar-refractivity contribution in [2.24, 2.45) is 11.7 Å². The molecule has 1 amide bonds. The van der Waals surface area contributed by atoms with Gasteiger partial charge in [0.2, 0.25) is 5.91 Å². The van der Waals surface area contributed by atoms with Crippen LogP contribution in [0.5, 0.6) is 0 Å². The van der Waals surface area contributed by atoms with Crippen LogP contribution in [0, 0.1) is 5.92 Å². The van der Waals surface area contributed by atoms with Crippen molar-refractivity contribution in [3.05, 3.63) is 72.4 Å². The van der Waals surface area contributed by atoms with Crippen molar-refractivity contribution < 1.29 is 14.3 Å². The van der Waals surface area contributed by atoms with E-state index in [-0.39, 0.29) is 18.1 Å². The molecule has 2 unspecified atom stereocenters. The van der Waals surface area contributed by atoms with Crippen molar-refractivity contribution in [3.63, 3.8) is 0 Å². The van der Waals surface area contributed by atoms with E-state index in [1.54, 1.807) is 6.20 Å². The van der Waals surface area contributed by atoms with E-state index in [4.69, 9.17) is 20.2 Å². The van der Waals surface area contributed by atoms with Gasteiger partial charge in [0.05, 0.1) is 48.5 Å². The number of nitrogens with two attached hydrogens (primary N) is 1. The van der Waals surface area contributed by atoms with Crippen LogP contribution in [-0.2, 0) is 19.8 Å². The SMILES string of the molecule is CC1CC(CC(=O)Nc2cnc(-c3ccc(C4(N)COC4)cc3)c(-c3ccccc3)c2)C[C@@H](C)O1. The highest BCUT2D eigenvalue weighted by Gasteiger charge is 2.35. The minimum atomic E-state index is -0.400. The third-order valence-corrected chi connectivity index (χ3v) is 6.98. The highest BCUT2D eigenvalue weighted by molar-refractivity contribution is 5.93. The molecule has 1 aromatic heterocycles. The van der Waals surface area contributed by atoms with Gasteiger partial charge < -0.3 is 20.5 Å². The standard InChI is InChI=1S/C29H33N3O3/c1-19-12-21(13-20(2)35-19)14-27(33)32-25-15-26(22-6-4-3-5-7-22)28(31-16-25)23-8-10-24(11-9-23)29(30)17-34-18-29/h3-11,15-16,19-21H,12-14,17-18,30H2,1-2H3,(H,32,33)/t19-,20?,21?/m1/s1. The molecule has 0 bridgehead atoms. The minimum absolute atomic E-state index is 0.0187. The summed E-state index contributed by atoms with van der Waals surface area (Å²) in [7, 11) is 0. The number of pyridine rings is 1. The Hall–Kier alpha value is -3.06. The normalized spacial score (nSPS) is 23.3. The number of hydrogen-bond donors (Lipinski definition) is 2. The zero-order valence-electron chi connectivity index (χ0n) is 20.4. The number of nitrogens with zero attached hydrogens (tertiary/aromatic N) is 1. The van der Waals surface area contributed by atoms with Crippen molar-refractivity contribution in [3.8, 4) is 22.4 Å². The molecule has 3 atom stereocenters. The topological polar surface area (TPSA) is 86.5 Å². The van der Waals surface area contributed by atoms with E-state index in [1.165, 1.54) is 0 Å². The molecular weight excluding hydrogens is 438 g/mol. The Morgan fingerprint density at radius 1 is 1.03 bits per heavy atom. The molecule has 0 saturated carbocycles. The first-order valence-electron chi connectivity index (χ1n) is 12.4. The first-order chi connectivity index (χ1) is 16.9. The van der Waals surface area contributed by atoms with Gasteiger partial charge in [-0.25, -0.2) is 0 Å². The van der Waals surface area contributed by atoms with E-state index in [0.717, 1.165) is 40.8 Å². The van der Waals surface area contributed by atoms with Crippen LogP contribution in [-0.4, -0.2) is 36.3 Å². The van der Waals surface area contributed by atoms with E-state index in [0.29, 0.717) is 31.2 Å². The van der Waals surface area contributed by atoms with Gasteiger partial charge >= 0.3 is 0 Å². The summed E-state index contributed by atoms with van der Waals surface area (Å²) in [5, 5.41) is 3.08. The van der Waals surface area contributed by atoms with Crippen LogP contribution in [0.3, 0.4) is 0 Å². The van der Waals surface area contributed by atoms with Crippen molar-refractivity contribution in [1.29, 1.82) is 0 Å². The zero-order valence-corrected chi connectivity index (χ0v) is 20.4. The van der Waals surface area contributed by atoms with E-state index < -0.39 is 5.54 Å². The fraction of sp³-hybridized carbons (Fsp3) is 0.379. The van der Waals surface area contributed by atoms with Gasteiger partial charge in [0, 0.05) is 17.5 Å². The Balaban J connectivity index is 1.39. The molecule has 2 aliphatic heterocycles. The van der Waals surface area contributed by atoms with Gasteiger partial charge in [0.1, 0.15) is 0 Å². The molecule has 6 heteroatoms. The summed E-state index contributed by atoms with van der Waals surface area (Å²) in [6.45, 7) is 5.24. The molecule has 6 nitrogen and oxygen atoms in total. The average molecular weight is 472 g/mol. The lowest BCUT2D eigenvalue weighted by Gasteiger charge is -2.38. The van der Waals surface area contributed by atoms with Crippen LogP contribution < -0.4 is 11.1 Å². The van der Waals surface area contributed by atoms with E-state index in [1.807, 2.05) is 24.3 Å². The molecule has 35 heavy (non-hydrogen) atoms. The van der Waals surface area contributed by atoms with Crippen molar-refractivity contribution in [2.45, 2.75) is 50.9 Å². The molecule has 3 aromatic rings. The molecule has 2 fully saturated rings. The Morgan fingerprint density at radius 2 is 1.71 bits per heavy atom. The van der Waals surface area contributed by atoms with Crippen LogP contribution >= 0.6 is 0 Å². The number of anilines is 1. The van der Waals surface area contributed by atoms with Crippen LogP contribution in [0.1, 0.15) is 38.7 Å². The monoisotopic (exact) mass is 471 g/mol. The third-order valence-electron chi connectivity index (χ3n) is 6.98. The van der Waals surface area contributed by atoms with Gasteiger partial charge in [-0.2, -0.15) is 0 Å². The quantitative estimate of drug-likeness (QED) is 0.520. The lowest BCUT2D eigenvalue weighted by Crippen LogP contribution is -2.54. The number of amides is 1. The minimum Gasteiger partial charge on any atom is -0.377 e. The fourth-order valence-corrected chi connectivity index (χ4v) is 5.23. The number of carbonyl (C=O) groups is 1. The first kappa shape index (κ1) is 23.7. The summed E-state index contributed by atoms with van der Waals surface area (Å²) >= 11 is 0. The summed E-state index contributed by atoms with van der Waals surface area (Å²) in [4.78, 5) is 17.6. The maximum absolute atomic E-state index is 12.9. The number of benzene rings is 2. The predicted molar refractivity (Wildman–Crippen MR) is 138 cm³/mol. The zero-order chi connectivity index (χ0) is 24.4. The van der Waals surface area contributed by atoms with Gasteiger partial charge in [0.25, 0.3) is 0 Å². The molecular formula is C29H33N3O3. The van der Waals surface area contributed by atoms with Gasteiger partial charge in [-0.1, -0.05) is 54.6 Å². The van der Waals surface area contributed by atoms with Crippen molar-refractivity contribution in [1.82, 2.24) is 4.98 Å². The summed E-state index contributed by atoms with van der Waals surface area (Å²) in [6, 6.07) is 20.4. The Labute approximate surface area is 206 Å². The maximum atomic E-state index is 12.9. The van der Waals surface area contributed by atoms with Crippen molar-refractivity contribution in [2.75, 3.05) is 18.5 Å². The smallest absolute Gasteiger partial charge is 0.224 e.